The Balaban J connectivity index is 4.61. The third-order valence-corrected chi connectivity index (χ3v) is 10.9. The van der Waals surface area contributed by atoms with Gasteiger partial charge in [0.1, 0.15) is 13.2 Å². The standard InChI is InChI=1S/C61H98O6/c1-4-7-10-13-16-19-22-25-27-29-30-32-33-36-39-42-45-48-51-54-60(63)66-57-58(56-65-59(62)53-50-47-44-41-38-35-24-21-18-15-12-9-6-3)67-61(64)55-52-49-46-43-40-37-34-31-28-26-23-20-17-14-11-8-5-2/h16-17,19-21,24-28,30,32,34,36-37,39,43,45-46,48,58H,4-15,18,22-23,29,31,33,35,38,40-42,44,47,49-57H2,1-3H3/b19-16-,20-17-,24-21-,27-25-,28-26-,32-30-,37-34-,39-36-,46-43-,48-45-/t58-/m0/s1. The van der Waals surface area contributed by atoms with E-state index < -0.39 is 6.10 Å². The van der Waals surface area contributed by atoms with Crippen molar-refractivity contribution in [3.05, 3.63) is 122 Å². The van der Waals surface area contributed by atoms with Gasteiger partial charge in [0.15, 0.2) is 6.10 Å². The molecule has 6 heteroatoms. The second kappa shape index (κ2) is 54.4. The van der Waals surface area contributed by atoms with Gasteiger partial charge in [0.25, 0.3) is 0 Å². The summed E-state index contributed by atoms with van der Waals surface area (Å²) in [4.78, 5) is 38.0. The van der Waals surface area contributed by atoms with Gasteiger partial charge >= 0.3 is 17.9 Å². The number of hydrogen-bond acceptors (Lipinski definition) is 6. The molecule has 0 rings (SSSR count). The van der Waals surface area contributed by atoms with Gasteiger partial charge in [-0.2, -0.15) is 0 Å². The van der Waals surface area contributed by atoms with Gasteiger partial charge in [-0.3, -0.25) is 14.4 Å². The van der Waals surface area contributed by atoms with E-state index >= 15 is 0 Å². The Labute approximate surface area is 412 Å². The molecule has 0 saturated carbocycles. The van der Waals surface area contributed by atoms with Gasteiger partial charge in [0, 0.05) is 19.3 Å². The van der Waals surface area contributed by atoms with Crippen molar-refractivity contribution >= 4 is 17.9 Å². The minimum absolute atomic E-state index is 0.130. The fourth-order valence-corrected chi connectivity index (χ4v) is 6.82. The minimum Gasteiger partial charge on any atom is -0.462 e. The van der Waals surface area contributed by atoms with Crippen LogP contribution in [0.25, 0.3) is 0 Å². The van der Waals surface area contributed by atoms with Crippen molar-refractivity contribution in [2.45, 2.75) is 232 Å². The van der Waals surface area contributed by atoms with E-state index in [4.69, 9.17) is 14.2 Å². The molecule has 0 aliphatic heterocycles. The Morgan fingerprint density at radius 1 is 0.299 bits per heavy atom. The molecule has 0 fully saturated rings. The Kier molecular flexibility index (Phi) is 51.0. The summed E-state index contributed by atoms with van der Waals surface area (Å²) in [6.45, 7) is 6.43. The van der Waals surface area contributed by atoms with Gasteiger partial charge < -0.3 is 14.2 Å². The van der Waals surface area contributed by atoms with Crippen LogP contribution in [0.3, 0.4) is 0 Å². The molecule has 0 spiro atoms. The van der Waals surface area contributed by atoms with Crippen LogP contribution in [0.5, 0.6) is 0 Å². The third-order valence-electron chi connectivity index (χ3n) is 10.9. The molecule has 0 aliphatic rings. The zero-order valence-corrected chi connectivity index (χ0v) is 43.1. The van der Waals surface area contributed by atoms with E-state index in [1.165, 1.54) is 89.9 Å². The molecule has 0 amide bonds. The lowest BCUT2D eigenvalue weighted by molar-refractivity contribution is -0.166. The molecule has 67 heavy (non-hydrogen) atoms. The average molecular weight is 927 g/mol. The number of ether oxygens (including phenoxy) is 3. The highest BCUT2D eigenvalue weighted by atomic mass is 16.6. The lowest BCUT2D eigenvalue weighted by Crippen LogP contribution is -2.30. The lowest BCUT2D eigenvalue weighted by atomic mass is 10.1. The summed E-state index contributed by atoms with van der Waals surface area (Å²) >= 11 is 0. The monoisotopic (exact) mass is 927 g/mol. The Hall–Kier alpha value is -4.19. The van der Waals surface area contributed by atoms with E-state index in [0.717, 1.165) is 83.5 Å². The summed E-state index contributed by atoms with van der Waals surface area (Å²) in [5.74, 6) is -1.09. The highest BCUT2D eigenvalue weighted by molar-refractivity contribution is 5.71. The number of allylic oxidation sites excluding steroid dienone is 20. The summed E-state index contributed by atoms with van der Waals surface area (Å²) in [5.41, 5.74) is 0. The third kappa shape index (κ3) is 52.6. The van der Waals surface area contributed by atoms with Gasteiger partial charge in [-0.25, -0.2) is 0 Å². The average Bonchev–Trinajstić information content (AvgIpc) is 3.33. The predicted molar refractivity (Wildman–Crippen MR) is 288 cm³/mol. The molecule has 0 aromatic rings. The van der Waals surface area contributed by atoms with Crippen LogP contribution in [0.15, 0.2) is 122 Å². The number of hydrogen-bond donors (Lipinski definition) is 0. The van der Waals surface area contributed by atoms with Crippen LogP contribution in [0.4, 0.5) is 0 Å². The smallest absolute Gasteiger partial charge is 0.306 e. The molecule has 0 saturated heterocycles. The van der Waals surface area contributed by atoms with Crippen LogP contribution in [0.1, 0.15) is 226 Å². The van der Waals surface area contributed by atoms with Crippen LogP contribution in [-0.4, -0.2) is 37.2 Å². The molecule has 378 valence electrons. The SMILES string of the molecule is CCCCC/C=C\C/C=C\C/C=C\C/C=C\C/C=C\CCC(=O)OC[C@H](COC(=O)CCCCCCC/C=C\CCCCCC)OC(=O)CCC/C=C\C/C=C\C/C=C\C/C=C\CCCCC. The fourth-order valence-electron chi connectivity index (χ4n) is 6.82. The number of carbonyl (C=O) groups excluding carboxylic acids is 3. The molecule has 0 aliphatic carbocycles. The summed E-state index contributed by atoms with van der Waals surface area (Å²) in [5, 5.41) is 0. The molecule has 0 bridgehead atoms. The zero-order chi connectivity index (χ0) is 48.6. The first-order valence-electron chi connectivity index (χ1n) is 27.0. The van der Waals surface area contributed by atoms with Crippen molar-refractivity contribution in [1.82, 2.24) is 0 Å². The molecule has 1 atom stereocenters. The Morgan fingerprint density at radius 2 is 0.582 bits per heavy atom. The van der Waals surface area contributed by atoms with Gasteiger partial charge in [-0.05, 0) is 122 Å². The first kappa shape index (κ1) is 62.8. The summed E-state index contributed by atoms with van der Waals surface area (Å²) in [7, 11) is 0. The first-order valence-corrected chi connectivity index (χ1v) is 27.0. The summed E-state index contributed by atoms with van der Waals surface area (Å²) < 4.78 is 16.7. The first-order chi connectivity index (χ1) is 33.0. The van der Waals surface area contributed by atoms with Crippen molar-refractivity contribution < 1.29 is 28.6 Å². The second-order valence-electron chi connectivity index (χ2n) is 17.4. The Bertz CT molecular complexity index is 1440. The topological polar surface area (TPSA) is 78.9 Å². The van der Waals surface area contributed by atoms with Gasteiger partial charge in [-0.1, -0.05) is 206 Å². The molecule has 6 nitrogen and oxygen atoms in total. The molecule has 0 radical (unpaired) electrons. The van der Waals surface area contributed by atoms with Crippen LogP contribution in [0, 0.1) is 0 Å². The molecule has 0 heterocycles. The largest absolute Gasteiger partial charge is 0.462 e. The fraction of sp³-hybridized carbons (Fsp3) is 0.623. The predicted octanol–water partition coefficient (Wildman–Crippen LogP) is 18.1. The van der Waals surface area contributed by atoms with Crippen molar-refractivity contribution in [3.8, 4) is 0 Å². The second-order valence-corrected chi connectivity index (χ2v) is 17.4. The number of esters is 3. The van der Waals surface area contributed by atoms with Gasteiger partial charge in [0.2, 0.25) is 0 Å². The van der Waals surface area contributed by atoms with Crippen molar-refractivity contribution in [2.75, 3.05) is 13.2 Å². The van der Waals surface area contributed by atoms with Gasteiger partial charge in [-0.15, -0.1) is 0 Å². The summed E-state index contributed by atoms with van der Waals surface area (Å²) in [6.07, 6.45) is 74.8. The van der Waals surface area contributed by atoms with Crippen LogP contribution < -0.4 is 0 Å². The molecular weight excluding hydrogens is 829 g/mol. The quantitative estimate of drug-likeness (QED) is 0.0262. The molecule has 0 unspecified atom stereocenters. The van der Waals surface area contributed by atoms with E-state index in [0.29, 0.717) is 19.3 Å². The van der Waals surface area contributed by atoms with Crippen molar-refractivity contribution in [2.24, 2.45) is 0 Å². The van der Waals surface area contributed by atoms with E-state index in [1.807, 2.05) is 12.2 Å². The maximum absolute atomic E-state index is 12.8. The Morgan fingerprint density at radius 3 is 1.01 bits per heavy atom. The number of rotatable bonds is 47. The minimum atomic E-state index is -0.843. The molecule has 0 aromatic carbocycles. The van der Waals surface area contributed by atoms with Crippen LogP contribution >= 0.6 is 0 Å². The van der Waals surface area contributed by atoms with Gasteiger partial charge in [0.05, 0.1) is 0 Å². The van der Waals surface area contributed by atoms with Crippen LogP contribution in [0.2, 0.25) is 0 Å². The zero-order valence-electron chi connectivity index (χ0n) is 43.1. The van der Waals surface area contributed by atoms with Crippen LogP contribution in [-0.2, 0) is 28.6 Å². The molecular formula is C61H98O6. The van der Waals surface area contributed by atoms with E-state index in [9.17, 15) is 14.4 Å². The maximum atomic E-state index is 12.8. The lowest BCUT2D eigenvalue weighted by Gasteiger charge is -2.18. The van der Waals surface area contributed by atoms with E-state index in [1.54, 1.807) is 0 Å². The van der Waals surface area contributed by atoms with Crippen molar-refractivity contribution in [1.29, 1.82) is 0 Å². The number of unbranched alkanes of at least 4 members (excludes halogenated alkanes) is 16. The number of carbonyl (C=O) groups is 3. The molecule has 0 N–H and O–H groups in total. The van der Waals surface area contributed by atoms with E-state index in [2.05, 4.69) is 130 Å². The summed E-state index contributed by atoms with van der Waals surface area (Å²) in [6, 6.07) is 0. The highest BCUT2D eigenvalue weighted by Crippen LogP contribution is 2.11. The van der Waals surface area contributed by atoms with Crippen molar-refractivity contribution in [3.63, 3.8) is 0 Å². The normalized spacial score (nSPS) is 13.1. The molecule has 0 aromatic heterocycles. The maximum Gasteiger partial charge on any atom is 0.306 e. The highest BCUT2D eigenvalue weighted by Gasteiger charge is 2.19. The van der Waals surface area contributed by atoms with E-state index in [-0.39, 0.29) is 44.0 Å².